The van der Waals surface area contributed by atoms with Crippen molar-refractivity contribution in [2.24, 2.45) is 5.73 Å². The van der Waals surface area contributed by atoms with Crippen molar-refractivity contribution in [1.82, 2.24) is 5.32 Å². The molecule has 0 bridgehead atoms. The van der Waals surface area contributed by atoms with Crippen molar-refractivity contribution in [1.29, 1.82) is 0 Å². The third-order valence-corrected chi connectivity index (χ3v) is 3.37. The molecule has 0 aliphatic carbocycles. The van der Waals surface area contributed by atoms with Crippen LogP contribution in [0.25, 0.3) is 0 Å². The van der Waals surface area contributed by atoms with Crippen LogP contribution in [0, 0.1) is 0 Å². The standard InChI is InChI=1S/C16H28N2O/c1-13(2)15-8-6-14(7-9-15)11-18-16(12-19-3)5-4-10-17/h6-9,13,16,18H,4-5,10-12,17H2,1-3H3. The zero-order valence-corrected chi connectivity index (χ0v) is 12.5. The molecule has 3 N–H and O–H groups in total. The first-order valence-corrected chi connectivity index (χ1v) is 7.18. The zero-order chi connectivity index (χ0) is 14.1. The Morgan fingerprint density at radius 2 is 1.89 bits per heavy atom. The van der Waals surface area contributed by atoms with E-state index in [0.29, 0.717) is 12.0 Å². The van der Waals surface area contributed by atoms with Crippen molar-refractivity contribution in [3.8, 4) is 0 Å². The van der Waals surface area contributed by atoms with Crippen molar-refractivity contribution in [3.05, 3.63) is 35.4 Å². The summed E-state index contributed by atoms with van der Waals surface area (Å²) in [4.78, 5) is 0. The minimum atomic E-state index is 0.387. The molecule has 3 nitrogen and oxygen atoms in total. The second kappa shape index (κ2) is 9.08. The zero-order valence-electron chi connectivity index (χ0n) is 12.5. The Morgan fingerprint density at radius 1 is 1.21 bits per heavy atom. The molecule has 0 radical (unpaired) electrons. The van der Waals surface area contributed by atoms with Crippen molar-refractivity contribution in [2.75, 3.05) is 20.3 Å². The summed E-state index contributed by atoms with van der Waals surface area (Å²) in [6, 6.07) is 9.22. The predicted octanol–water partition coefficient (Wildman–Crippen LogP) is 2.65. The summed E-state index contributed by atoms with van der Waals surface area (Å²) < 4.78 is 5.24. The highest BCUT2D eigenvalue weighted by atomic mass is 16.5. The van der Waals surface area contributed by atoms with Crippen molar-refractivity contribution in [3.63, 3.8) is 0 Å². The lowest BCUT2D eigenvalue weighted by Gasteiger charge is -2.18. The number of nitrogens with two attached hydrogens (primary N) is 1. The highest BCUT2D eigenvalue weighted by Crippen LogP contribution is 2.14. The minimum absolute atomic E-state index is 0.387. The molecular formula is C16H28N2O. The van der Waals surface area contributed by atoms with Crippen LogP contribution in [0.4, 0.5) is 0 Å². The molecule has 1 rings (SSSR count). The van der Waals surface area contributed by atoms with Crippen LogP contribution in [0.1, 0.15) is 43.7 Å². The molecule has 0 amide bonds. The van der Waals surface area contributed by atoms with Crippen LogP contribution >= 0.6 is 0 Å². The van der Waals surface area contributed by atoms with E-state index in [0.717, 1.165) is 32.5 Å². The Hall–Kier alpha value is -0.900. The lowest BCUT2D eigenvalue weighted by atomic mass is 10.0. The van der Waals surface area contributed by atoms with Gasteiger partial charge in [-0.25, -0.2) is 0 Å². The first-order valence-electron chi connectivity index (χ1n) is 7.18. The molecule has 1 aromatic carbocycles. The molecule has 0 aliphatic heterocycles. The maximum absolute atomic E-state index is 5.56. The molecule has 0 fully saturated rings. The maximum Gasteiger partial charge on any atom is 0.0615 e. The van der Waals surface area contributed by atoms with E-state index in [1.165, 1.54) is 11.1 Å². The van der Waals surface area contributed by atoms with Crippen LogP contribution < -0.4 is 11.1 Å². The molecule has 108 valence electrons. The number of rotatable bonds is 9. The third kappa shape index (κ3) is 6.19. The summed E-state index contributed by atoms with van der Waals surface area (Å²) in [6.45, 7) is 6.80. The van der Waals surface area contributed by atoms with Crippen LogP contribution in [0.5, 0.6) is 0 Å². The first-order chi connectivity index (χ1) is 9.17. The lowest BCUT2D eigenvalue weighted by molar-refractivity contribution is 0.161. The van der Waals surface area contributed by atoms with Crippen LogP contribution in [0.2, 0.25) is 0 Å². The van der Waals surface area contributed by atoms with E-state index in [-0.39, 0.29) is 0 Å². The average molecular weight is 264 g/mol. The molecule has 0 heterocycles. The van der Waals surface area contributed by atoms with E-state index in [2.05, 4.69) is 43.4 Å². The van der Waals surface area contributed by atoms with Crippen LogP contribution in [-0.4, -0.2) is 26.3 Å². The number of hydrogen-bond acceptors (Lipinski definition) is 3. The molecule has 19 heavy (non-hydrogen) atoms. The Balaban J connectivity index is 2.44. The van der Waals surface area contributed by atoms with Gasteiger partial charge >= 0.3 is 0 Å². The first kappa shape index (κ1) is 16.2. The highest BCUT2D eigenvalue weighted by molar-refractivity contribution is 5.24. The number of hydrogen-bond donors (Lipinski definition) is 2. The van der Waals surface area contributed by atoms with Gasteiger partial charge in [-0.3, -0.25) is 0 Å². The smallest absolute Gasteiger partial charge is 0.0615 e. The van der Waals surface area contributed by atoms with Crippen LogP contribution in [0.3, 0.4) is 0 Å². The molecule has 0 aliphatic rings. The van der Waals surface area contributed by atoms with Crippen LogP contribution in [-0.2, 0) is 11.3 Å². The van der Waals surface area contributed by atoms with E-state index in [9.17, 15) is 0 Å². The normalized spacial score (nSPS) is 12.9. The Morgan fingerprint density at radius 3 is 2.42 bits per heavy atom. The van der Waals surface area contributed by atoms with Gasteiger partial charge in [0.2, 0.25) is 0 Å². The fourth-order valence-electron chi connectivity index (χ4n) is 2.09. The van der Waals surface area contributed by atoms with E-state index < -0.39 is 0 Å². The molecule has 0 spiro atoms. The molecular weight excluding hydrogens is 236 g/mol. The molecule has 3 heteroatoms. The van der Waals surface area contributed by atoms with Gasteiger partial charge in [0.15, 0.2) is 0 Å². The van der Waals surface area contributed by atoms with Gasteiger partial charge in [-0.05, 0) is 36.4 Å². The fraction of sp³-hybridized carbons (Fsp3) is 0.625. The molecule has 1 aromatic rings. The van der Waals surface area contributed by atoms with Crippen molar-refractivity contribution in [2.45, 2.75) is 45.2 Å². The van der Waals surface area contributed by atoms with Gasteiger partial charge in [0.1, 0.15) is 0 Å². The summed E-state index contributed by atoms with van der Waals surface area (Å²) >= 11 is 0. The number of nitrogens with one attached hydrogen (secondary N) is 1. The van der Waals surface area contributed by atoms with Crippen LogP contribution in [0.15, 0.2) is 24.3 Å². The fourth-order valence-corrected chi connectivity index (χ4v) is 2.09. The van der Waals surface area contributed by atoms with Gasteiger partial charge in [0.05, 0.1) is 6.61 Å². The Labute approximate surface area is 117 Å². The van der Waals surface area contributed by atoms with E-state index >= 15 is 0 Å². The van der Waals surface area contributed by atoms with E-state index in [1.54, 1.807) is 7.11 Å². The van der Waals surface area contributed by atoms with Gasteiger partial charge < -0.3 is 15.8 Å². The SMILES string of the molecule is COCC(CCCN)NCc1ccc(C(C)C)cc1. The van der Waals surface area contributed by atoms with Crippen molar-refractivity contribution >= 4 is 0 Å². The molecule has 1 atom stereocenters. The molecule has 0 aromatic heterocycles. The molecule has 0 saturated heterocycles. The molecule has 1 unspecified atom stereocenters. The second-order valence-electron chi connectivity index (χ2n) is 5.36. The van der Waals surface area contributed by atoms with Gasteiger partial charge in [0.25, 0.3) is 0 Å². The number of methoxy groups -OCH3 is 1. The monoisotopic (exact) mass is 264 g/mol. The van der Waals surface area contributed by atoms with Gasteiger partial charge in [-0.15, -0.1) is 0 Å². The third-order valence-electron chi connectivity index (χ3n) is 3.37. The predicted molar refractivity (Wildman–Crippen MR) is 81.3 cm³/mol. The lowest BCUT2D eigenvalue weighted by Crippen LogP contribution is -2.33. The van der Waals surface area contributed by atoms with Gasteiger partial charge in [-0.2, -0.15) is 0 Å². The average Bonchev–Trinajstić information content (AvgIpc) is 2.42. The summed E-state index contributed by atoms with van der Waals surface area (Å²) in [5, 5.41) is 3.54. The quantitative estimate of drug-likeness (QED) is 0.721. The van der Waals surface area contributed by atoms with Gasteiger partial charge in [-0.1, -0.05) is 38.1 Å². The summed E-state index contributed by atoms with van der Waals surface area (Å²) in [7, 11) is 1.74. The van der Waals surface area contributed by atoms with E-state index in [1.807, 2.05) is 0 Å². The Bertz CT molecular complexity index is 335. The number of benzene rings is 1. The number of ether oxygens (including phenoxy) is 1. The van der Waals surface area contributed by atoms with Gasteiger partial charge in [0, 0.05) is 19.7 Å². The van der Waals surface area contributed by atoms with E-state index in [4.69, 9.17) is 10.5 Å². The van der Waals surface area contributed by atoms with Crippen molar-refractivity contribution < 1.29 is 4.74 Å². The maximum atomic E-state index is 5.56. The highest BCUT2D eigenvalue weighted by Gasteiger charge is 2.07. The summed E-state index contributed by atoms with van der Waals surface area (Å²) in [5.74, 6) is 0.591. The summed E-state index contributed by atoms with van der Waals surface area (Å²) in [6.07, 6.45) is 2.10. The Kier molecular flexibility index (Phi) is 7.72. The molecule has 0 saturated carbocycles. The minimum Gasteiger partial charge on any atom is -0.383 e. The topological polar surface area (TPSA) is 47.3 Å². The summed E-state index contributed by atoms with van der Waals surface area (Å²) in [5.41, 5.74) is 8.26. The second-order valence-corrected chi connectivity index (χ2v) is 5.36. The largest absolute Gasteiger partial charge is 0.383 e.